The van der Waals surface area contributed by atoms with Crippen molar-refractivity contribution < 1.29 is 13.6 Å². The highest BCUT2D eigenvalue weighted by Crippen LogP contribution is 2.39. The van der Waals surface area contributed by atoms with Gasteiger partial charge in [-0.3, -0.25) is 9.78 Å². The lowest BCUT2D eigenvalue weighted by molar-refractivity contribution is 0.0663. The quantitative estimate of drug-likeness (QED) is 0.663. The third kappa shape index (κ3) is 3.78. The van der Waals surface area contributed by atoms with Gasteiger partial charge in [-0.2, -0.15) is 0 Å². The van der Waals surface area contributed by atoms with Gasteiger partial charge in [0.2, 0.25) is 0 Å². The number of aryl methyl sites for hydroxylation is 1. The molecule has 9 heteroatoms. The number of aromatic nitrogens is 2. The second-order valence-corrected chi connectivity index (χ2v) is 7.93. The first kappa shape index (κ1) is 18.5. The lowest BCUT2D eigenvalue weighted by Crippen LogP contribution is -2.36. The molecule has 3 rings (SSSR count). The third-order valence-electron chi connectivity index (χ3n) is 3.99. The van der Waals surface area contributed by atoms with Crippen LogP contribution in [0.3, 0.4) is 0 Å². The van der Waals surface area contributed by atoms with Crippen molar-refractivity contribution in [1.29, 1.82) is 0 Å². The number of thiazole rings is 1. The highest BCUT2D eigenvalue weighted by molar-refractivity contribution is 7.13. The predicted molar refractivity (Wildman–Crippen MR) is 93.7 cm³/mol. The molecule has 1 amide bonds. The molecule has 0 N–H and O–H groups in total. The molecular formula is C16H15Cl2F2N3OS. The molecule has 0 spiro atoms. The van der Waals surface area contributed by atoms with Gasteiger partial charge >= 0.3 is 0 Å². The topological polar surface area (TPSA) is 46.1 Å². The molecule has 2 aromatic rings. The van der Waals surface area contributed by atoms with Crippen molar-refractivity contribution in [2.24, 2.45) is 0 Å². The highest BCUT2D eigenvalue weighted by atomic mass is 35.5. The Labute approximate surface area is 157 Å². The molecule has 1 aliphatic carbocycles. The zero-order valence-corrected chi connectivity index (χ0v) is 15.8. The minimum absolute atomic E-state index is 0.0102. The van der Waals surface area contributed by atoms with Crippen molar-refractivity contribution in [1.82, 2.24) is 14.9 Å². The summed E-state index contributed by atoms with van der Waals surface area (Å²) >= 11 is 13.1. The Kier molecular flexibility index (Phi) is 5.27. The maximum atomic E-state index is 13.2. The van der Waals surface area contributed by atoms with Gasteiger partial charge in [0, 0.05) is 12.2 Å². The number of carbonyl (C=O) groups excluding carboxylic acids is 1. The van der Waals surface area contributed by atoms with Gasteiger partial charge in [-0.1, -0.05) is 23.2 Å². The van der Waals surface area contributed by atoms with Crippen molar-refractivity contribution in [2.45, 2.75) is 45.2 Å². The molecule has 0 radical (unpaired) electrons. The number of nitrogens with zero attached hydrogens (tertiary/aromatic N) is 3. The normalized spacial score (nSPS) is 15.5. The standard InChI is InChI=1S/C16H15Cl2F2N3OS/c1-7(12-11(18)5-9(17)6-21-12)23(10-3-4-10)16(24)14-13(15(19)20)22-8(2)25-14/h5-7,10,15H,3-4H2,1-2H3. The fraction of sp³-hybridized carbons (Fsp3) is 0.438. The van der Waals surface area contributed by atoms with E-state index in [1.807, 2.05) is 0 Å². The van der Waals surface area contributed by atoms with Crippen molar-refractivity contribution in [3.05, 3.63) is 43.6 Å². The maximum absolute atomic E-state index is 13.2. The lowest BCUT2D eigenvalue weighted by atomic mass is 10.1. The minimum Gasteiger partial charge on any atom is -0.327 e. The van der Waals surface area contributed by atoms with Gasteiger partial charge in [0.25, 0.3) is 12.3 Å². The monoisotopic (exact) mass is 405 g/mol. The number of pyridine rings is 1. The van der Waals surface area contributed by atoms with E-state index < -0.39 is 24.1 Å². The number of alkyl halides is 2. The fourth-order valence-corrected chi connectivity index (χ4v) is 4.15. The Bertz CT molecular complexity index is 811. The average molecular weight is 406 g/mol. The Hall–Kier alpha value is -1.31. The van der Waals surface area contributed by atoms with Gasteiger partial charge in [-0.15, -0.1) is 11.3 Å². The van der Waals surface area contributed by atoms with Gasteiger partial charge in [-0.05, 0) is 32.8 Å². The van der Waals surface area contributed by atoms with Crippen LogP contribution < -0.4 is 0 Å². The van der Waals surface area contributed by atoms with E-state index in [-0.39, 0.29) is 10.9 Å². The predicted octanol–water partition coefficient (Wildman–Crippen LogP) is 5.46. The van der Waals surface area contributed by atoms with Crippen LogP contribution in [0.2, 0.25) is 10.0 Å². The van der Waals surface area contributed by atoms with Crippen molar-refractivity contribution in [2.75, 3.05) is 0 Å². The van der Waals surface area contributed by atoms with Crippen LogP contribution in [0.25, 0.3) is 0 Å². The van der Waals surface area contributed by atoms with Crippen LogP contribution in [0.5, 0.6) is 0 Å². The number of amides is 1. The number of halogens is 4. The summed E-state index contributed by atoms with van der Waals surface area (Å²) in [5.41, 5.74) is 0.0339. The van der Waals surface area contributed by atoms with Crippen LogP contribution >= 0.6 is 34.5 Å². The van der Waals surface area contributed by atoms with Gasteiger partial charge in [-0.25, -0.2) is 13.8 Å². The Morgan fingerprint density at radius 1 is 1.36 bits per heavy atom. The molecule has 0 bridgehead atoms. The molecule has 1 atom stereocenters. The Morgan fingerprint density at radius 2 is 2.04 bits per heavy atom. The van der Waals surface area contributed by atoms with Crippen LogP contribution in [0.15, 0.2) is 12.3 Å². The molecule has 0 saturated heterocycles. The molecule has 1 saturated carbocycles. The molecular weight excluding hydrogens is 391 g/mol. The van der Waals surface area contributed by atoms with Gasteiger partial charge in [0.05, 0.1) is 26.8 Å². The van der Waals surface area contributed by atoms with E-state index in [1.165, 1.54) is 6.20 Å². The molecule has 1 unspecified atom stereocenters. The summed E-state index contributed by atoms with van der Waals surface area (Å²) in [6.07, 6.45) is 0.306. The van der Waals surface area contributed by atoms with Crippen molar-refractivity contribution >= 4 is 40.4 Å². The van der Waals surface area contributed by atoms with Crippen LogP contribution in [-0.4, -0.2) is 26.8 Å². The summed E-state index contributed by atoms with van der Waals surface area (Å²) in [5, 5.41) is 1.17. The molecule has 4 nitrogen and oxygen atoms in total. The molecule has 25 heavy (non-hydrogen) atoms. The number of carbonyl (C=O) groups is 1. The number of hydrogen-bond donors (Lipinski definition) is 0. The van der Waals surface area contributed by atoms with E-state index in [4.69, 9.17) is 23.2 Å². The molecule has 0 aromatic carbocycles. The molecule has 1 aliphatic rings. The van der Waals surface area contributed by atoms with E-state index in [0.29, 0.717) is 20.7 Å². The van der Waals surface area contributed by atoms with Crippen molar-refractivity contribution in [3.63, 3.8) is 0 Å². The van der Waals surface area contributed by atoms with Gasteiger partial charge < -0.3 is 4.90 Å². The lowest BCUT2D eigenvalue weighted by Gasteiger charge is -2.29. The molecule has 2 heterocycles. The Morgan fingerprint density at radius 3 is 2.60 bits per heavy atom. The molecule has 134 valence electrons. The summed E-state index contributed by atoms with van der Waals surface area (Å²) in [6.45, 7) is 3.39. The minimum atomic E-state index is -2.79. The average Bonchev–Trinajstić information content (AvgIpc) is 3.27. The van der Waals surface area contributed by atoms with E-state index >= 15 is 0 Å². The van der Waals surface area contributed by atoms with Crippen LogP contribution in [0.4, 0.5) is 8.78 Å². The zero-order chi connectivity index (χ0) is 18.3. The van der Waals surface area contributed by atoms with Crippen molar-refractivity contribution in [3.8, 4) is 0 Å². The van der Waals surface area contributed by atoms with Gasteiger partial charge in [0.1, 0.15) is 10.6 Å². The second kappa shape index (κ2) is 7.13. The first-order chi connectivity index (χ1) is 11.8. The van der Waals surface area contributed by atoms with Gasteiger partial charge in [0.15, 0.2) is 0 Å². The van der Waals surface area contributed by atoms with Crippen LogP contribution in [0, 0.1) is 6.92 Å². The van der Waals surface area contributed by atoms with E-state index in [2.05, 4.69) is 9.97 Å². The smallest absolute Gasteiger partial charge is 0.282 e. The molecule has 2 aromatic heterocycles. The Balaban J connectivity index is 1.97. The highest BCUT2D eigenvalue weighted by Gasteiger charge is 2.40. The van der Waals surface area contributed by atoms with E-state index in [0.717, 1.165) is 24.2 Å². The SMILES string of the molecule is Cc1nc(C(F)F)c(C(=O)N(C2CC2)C(C)c2ncc(Cl)cc2Cl)s1. The number of hydrogen-bond acceptors (Lipinski definition) is 4. The van der Waals surface area contributed by atoms with Crippen LogP contribution in [-0.2, 0) is 0 Å². The zero-order valence-electron chi connectivity index (χ0n) is 13.5. The van der Waals surface area contributed by atoms with Crippen LogP contribution in [0.1, 0.15) is 58.3 Å². The summed E-state index contributed by atoms with van der Waals surface area (Å²) in [6, 6.07) is 1.08. The van der Waals surface area contributed by atoms with E-state index in [9.17, 15) is 13.6 Å². The first-order valence-corrected chi connectivity index (χ1v) is 9.26. The fourth-order valence-electron chi connectivity index (χ4n) is 2.74. The second-order valence-electron chi connectivity index (χ2n) is 5.89. The number of rotatable bonds is 5. The summed E-state index contributed by atoms with van der Waals surface area (Å²) in [4.78, 5) is 22.6. The maximum Gasteiger partial charge on any atom is 0.282 e. The summed E-state index contributed by atoms with van der Waals surface area (Å²) in [5.74, 6) is -0.455. The molecule has 0 aliphatic heterocycles. The first-order valence-electron chi connectivity index (χ1n) is 7.68. The largest absolute Gasteiger partial charge is 0.327 e. The third-order valence-corrected chi connectivity index (χ3v) is 5.47. The summed E-state index contributed by atoms with van der Waals surface area (Å²) < 4.78 is 26.5. The molecule has 1 fully saturated rings. The summed E-state index contributed by atoms with van der Waals surface area (Å²) in [7, 11) is 0. The van der Waals surface area contributed by atoms with E-state index in [1.54, 1.807) is 24.8 Å².